The lowest BCUT2D eigenvalue weighted by molar-refractivity contribution is 0.213. The molecule has 1 N–H and O–H groups in total. The topological polar surface area (TPSA) is 29.5 Å². The van der Waals surface area contributed by atoms with E-state index in [0.29, 0.717) is 10.0 Å². The lowest BCUT2D eigenvalue weighted by Crippen LogP contribution is -2.10. The molecular formula is C16H14BrFO2. The summed E-state index contributed by atoms with van der Waals surface area (Å²) in [5.74, 6) is 0.445. The molecule has 1 aliphatic rings. The fourth-order valence-electron chi connectivity index (χ4n) is 2.49. The van der Waals surface area contributed by atoms with Crippen LogP contribution < -0.4 is 4.74 Å². The average Bonchev–Trinajstić information content (AvgIpc) is 2.46. The van der Waals surface area contributed by atoms with Crippen molar-refractivity contribution in [3.63, 3.8) is 0 Å². The Hall–Kier alpha value is -1.39. The molecule has 0 saturated carbocycles. The van der Waals surface area contributed by atoms with Crippen molar-refractivity contribution in [2.24, 2.45) is 0 Å². The summed E-state index contributed by atoms with van der Waals surface area (Å²) in [6.45, 7) is 0.730. The van der Waals surface area contributed by atoms with Gasteiger partial charge in [-0.25, -0.2) is 4.39 Å². The fraction of sp³-hybridized carbons (Fsp3) is 0.250. The van der Waals surface area contributed by atoms with Crippen molar-refractivity contribution in [3.8, 4) is 5.75 Å². The van der Waals surface area contributed by atoms with Crippen LogP contribution in [0.5, 0.6) is 5.75 Å². The first-order valence-electron chi connectivity index (χ1n) is 6.54. The van der Waals surface area contributed by atoms with Crippen molar-refractivity contribution in [1.29, 1.82) is 0 Å². The number of fused-ring (bicyclic) bond motifs is 1. The van der Waals surface area contributed by atoms with Gasteiger partial charge in [-0.3, -0.25) is 0 Å². The van der Waals surface area contributed by atoms with E-state index < -0.39 is 11.9 Å². The number of hydrogen-bond donors (Lipinski definition) is 1. The molecule has 104 valence electrons. The predicted molar refractivity (Wildman–Crippen MR) is 78.4 cm³/mol. The van der Waals surface area contributed by atoms with Crippen LogP contribution in [0.2, 0.25) is 0 Å². The molecule has 4 heteroatoms. The molecule has 1 atom stereocenters. The van der Waals surface area contributed by atoms with Crippen molar-refractivity contribution >= 4 is 15.9 Å². The average molecular weight is 337 g/mol. The van der Waals surface area contributed by atoms with Crippen LogP contribution in [-0.4, -0.2) is 11.7 Å². The first kappa shape index (κ1) is 13.6. The van der Waals surface area contributed by atoms with Gasteiger partial charge in [-0.05, 0) is 48.2 Å². The summed E-state index contributed by atoms with van der Waals surface area (Å²) < 4.78 is 20.0. The number of hydrogen-bond acceptors (Lipinski definition) is 2. The highest BCUT2D eigenvalue weighted by Gasteiger charge is 2.20. The van der Waals surface area contributed by atoms with Crippen molar-refractivity contribution in [1.82, 2.24) is 0 Å². The highest BCUT2D eigenvalue weighted by atomic mass is 79.9. The first-order valence-corrected chi connectivity index (χ1v) is 7.33. The normalized spacial score (nSPS) is 15.3. The van der Waals surface area contributed by atoms with Crippen LogP contribution in [-0.2, 0) is 6.42 Å². The summed E-state index contributed by atoms with van der Waals surface area (Å²) in [6, 6.07) is 10.2. The lowest BCUT2D eigenvalue weighted by atomic mass is 9.96. The Morgan fingerprint density at radius 2 is 2.10 bits per heavy atom. The van der Waals surface area contributed by atoms with E-state index in [2.05, 4.69) is 15.9 Å². The van der Waals surface area contributed by atoms with E-state index in [1.54, 1.807) is 18.2 Å². The zero-order valence-corrected chi connectivity index (χ0v) is 12.4. The van der Waals surface area contributed by atoms with Gasteiger partial charge in [0.25, 0.3) is 0 Å². The van der Waals surface area contributed by atoms with Gasteiger partial charge in [0.15, 0.2) is 0 Å². The molecule has 2 aromatic carbocycles. The van der Waals surface area contributed by atoms with Crippen LogP contribution in [0.4, 0.5) is 4.39 Å². The second kappa shape index (κ2) is 5.54. The van der Waals surface area contributed by atoms with Crippen molar-refractivity contribution in [3.05, 3.63) is 63.4 Å². The van der Waals surface area contributed by atoms with Gasteiger partial charge in [0, 0.05) is 10.0 Å². The van der Waals surface area contributed by atoms with Gasteiger partial charge in [-0.1, -0.05) is 28.1 Å². The molecule has 0 saturated heterocycles. The van der Waals surface area contributed by atoms with Crippen LogP contribution in [0.3, 0.4) is 0 Å². The molecule has 0 amide bonds. The molecule has 0 bridgehead atoms. The Balaban J connectivity index is 2.00. The maximum atomic E-state index is 13.9. The van der Waals surface area contributed by atoms with Gasteiger partial charge >= 0.3 is 0 Å². The van der Waals surface area contributed by atoms with E-state index >= 15 is 0 Å². The number of aliphatic hydroxyl groups is 1. The minimum Gasteiger partial charge on any atom is -0.493 e. The van der Waals surface area contributed by atoms with Crippen LogP contribution in [0.15, 0.2) is 40.9 Å². The summed E-state index contributed by atoms with van der Waals surface area (Å²) in [5.41, 5.74) is 2.02. The second-order valence-electron chi connectivity index (χ2n) is 4.86. The smallest absolute Gasteiger partial charge is 0.130 e. The molecule has 2 aromatic rings. The SMILES string of the molecule is OC(c1ccc2c(c1)CCCO2)c1c(F)cccc1Br. The maximum Gasteiger partial charge on any atom is 0.130 e. The highest BCUT2D eigenvalue weighted by molar-refractivity contribution is 9.10. The van der Waals surface area contributed by atoms with Crippen LogP contribution in [0.1, 0.15) is 29.2 Å². The maximum absolute atomic E-state index is 13.9. The summed E-state index contributed by atoms with van der Waals surface area (Å²) >= 11 is 3.30. The quantitative estimate of drug-likeness (QED) is 0.898. The molecule has 0 fully saturated rings. The van der Waals surface area contributed by atoms with Crippen LogP contribution in [0.25, 0.3) is 0 Å². The zero-order chi connectivity index (χ0) is 14.1. The van der Waals surface area contributed by atoms with E-state index in [0.717, 1.165) is 30.8 Å². The van der Waals surface area contributed by atoms with E-state index in [4.69, 9.17) is 4.74 Å². The lowest BCUT2D eigenvalue weighted by Gasteiger charge is -2.20. The van der Waals surface area contributed by atoms with E-state index in [-0.39, 0.29) is 5.56 Å². The number of aryl methyl sites for hydroxylation is 1. The second-order valence-corrected chi connectivity index (χ2v) is 5.71. The monoisotopic (exact) mass is 336 g/mol. The van der Waals surface area contributed by atoms with Crippen molar-refractivity contribution < 1.29 is 14.2 Å². The van der Waals surface area contributed by atoms with Crippen molar-refractivity contribution in [2.45, 2.75) is 18.9 Å². The predicted octanol–water partition coefficient (Wildman–Crippen LogP) is 3.99. The van der Waals surface area contributed by atoms with Crippen molar-refractivity contribution in [2.75, 3.05) is 6.61 Å². The number of rotatable bonds is 2. The van der Waals surface area contributed by atoms with Gasteiger partial charge in [0.1, 0.15) is 17.7 Å². The van der Waals surface area contributed by atoms with Gasteiger partial charge in [-0.15, -0.1) is 0 Å². The summed E-state index contributed by atoms with van der Waals surface area (Å²) in [4.78, 5) is 0. The molecular weight excluding hydrogens is 323 g/mol. The zero-order valence-electron chi connectivity index (χ0n) is 10.8. The summed E-state index contributed by atoms with van der Waals surface area (Å²) in [6.07, 6.45) is 0.905. The fourth-order valence-corrected chi connectivity index (χ4v) is 3.05. The van der Waals surface area contributed by atoms with Crippen LogP contribution in [0, 0.1) is 5.82 Å². The van der Waals surface area contributed by atoms with E-state index in [1.165, 1.54) is 6.07 Å². The molecule has 0 spiro atoms. The minimum atomic E-state index is -0.988. The Morgan fingerprint density at radius 3 is 2.90 bits per heavy atom. The number of benzene rings is 2. The summed E-state index contributed by atoms with van der Waals surface area (Å²) in [7, 11) is 0. The molecule has 20 heavy (non-hydrogen) atoms. The Kier molecular flexibility index (Phi) is 3.76. The summed E-state index contributed by atoms with van der Waals surface area (Å²) in [5, 5.41) is 10.4. The Labute approximate surface area is 125 Å². The highest BCUT2D eigenvalue weighted by Crippen LogP contribution is 2.34. The third kappa shape index (κ3) is 2.45. The number of halogens is 2. The van der Waals surface area contributed by atoms with Crippen LogP contribution >= 0.6 is 15.9 Å². The molecule has 0 aromatic heterocycles. The molecule has 0 radical (unpaired) electrons. The third-order valence-electron chi connectivity index (χ3n) is 3.52. The van der Waals surface area contributed by atoms with E-state index in [9.17, 15) is 9.50 Å². The molecule has 1 aliphatic heterocycles. The molecule has 2 nitrogen and oxygen atoms in total. The molecule has 1 unspecified atom stereocenters. The number of aliphatic hydroxyl groups excluding tert-OH is 1. The number of ether oxygens (including phenoxy) is 1. The third-order valence-corrected chi connectivity index (χ3v) is 4.21. The van der Waals surface area contributed by atoms with Gasteiger partial charge in [-0.2, -0.15) is 0 Å². The molecule has 3 rings (SSSR count). The Morgan fingerprint density at radius 1 is 1.25 bits per heavy atom. The standard InChI is InChI=1S/C16H14BrFO2/c17-12-4-1-5-13(18)15(12)16(19)11-6-7-14-10(9-11)3-2-8-20-14/h1,4-7,9,16,19H,2-3,8H2. The van der Waals surface area contributed by atoms with E-state index in [1.807, 2.05) is 12.1 Å². The first-order chi connectivity index (χ1) is 9.66. The largest absolute Gasteiger partial charge is 0.493 e. The molecule has 0 aliphatic carbocycles. The minimum absolute atomic E-state index is 0.268. The Bertz CT molecular complexity index is 622. The van der Waals surface area contributed by atoms with Gasteiger partial charge in [0.05, 0.1) is 6.61 Å². The van der Waals surface area contributed by atoms with Gasteiger partial charge in [0.2, 0.25) is 0 Å². The molecule has 1 heterocycles. The van der Waals surface area contributed by atoms with Gasteiger partial charge < -0.3 is 9.84 Å².